The van der Waals surface area contributed by atoms with Crippen LogP contribution in [-0.2, 0) is 0 Å². The normalized spacial score (nSPS) is 19.9. The van der Waals surface area contributed by atoms with Crippen molar-refractivity contribution < 1.29 is 9.53 Å². The molecule has 0 bridgehead atoms. The van der Waals surface area contributed by atoms with Crippen molar-refractivity contribution in [1.82, 2.24) is 10.3 Å². The summed E-state index contributed by atoms with van der Waals surface area (Å²) in [5.74, 6) is 0.104. The van der Waals surface area contributed by atoms with E-state index in [4.69, 9.17) is 10.5 Å². The van der Waals surface area contributed by atoms with Gasteiger partial charge in [-0.15, -0.1) is 0 Å². The van der Waals surface area contributed by atoms with Crippen LogP contribution in [0.3, 0.4) is 0 Å². The minimum absolute atomic E-state index is 0.235. The summed E-state index contributed by atoms with van der Waals surface area (Å²) >= 11 is 0. The van der Waals surface area contributed by atoms with Crippen molar-refractivity contribution in [3.8, 4) is 5.75 Å². The van der Waals surface area contributed by atoms with Crippen LogP contribution in [0.2, 0.25) is 0 Å². The molecule has 2 rings (SSSR count). The lowest BCUT2D eigenvalue weighted by Crippen LogP contribution is -2.38. The van der Waals surface area contributed by atoms with Gasteiger partial charge in [-0.1, -0.05) is 6.42 Å². The lowest BCUT2D eigenvalue weighted by molar-refractivity contribution is 0.0995. The van der Waals surface area contributed by atoms with Crippen LogP contribution in [0.1, 0.15) is 29.8 Å². The molecule has 0 radical (unpaired) electrons. The number of aromatic nitrogens is 1. The highest BCUT2D eigenvalue weighted by atomic mass is 16.5. The van der Waals surface area contributed by atoms with E-state index in [9.17, 15) is 4.79 Å². The number of nitrogens with one attached hydrogen (secondary N) is 1. The van der Waals surface area contributed by atoms with E-state index >= 15 is 0 Å². The second kappa shape index (κ2) is 5.63. The van der Waals surface area contributed by atoms with Crippen LogP contribution in [0.25, 0.3) is 0 Å². The first-order valence-corrected chi connectivity index (χ1v) is 5.88. The molecule has 0 aliphatic carbocycles. The molecule has 1 saturated heterocycles. The standard InChI is InChI=1S/C12H17N3O2/c13-12(16)11-7-10(4-6-15-11)17-8-9-3-1-2-5-14-9/h4,6-7,9,14H,1-3,5,8H2,(H2,13,16). The summed E-state index contributed by atoms with van der Waals surface area (Å²) in [6.45, 7) is 1.67. The third-order valence-corrected chi connectivity index (χ3v) is 2.85. The summed E-state index contributed by atoms with van der Waals surface area (Å²) in [5, 5.41) is 3.39. The van der Waals surface area contributed by atoms with E-state index in [1.165, 1.54) is 19.0 Å². The molecular weight excluding hydrogens is 218 g/mol. The third-order valence-electron chi connectivity index (χ3n) is 2.85. The zero-order valence-electron chi connectivity index (χ0n) is 9.69. The van der Waals surface area contributed by atoms with Crippen molar-refractivity contribution in [3.63, 3.8) is 0 Å². The van der Waals surface area contributed by atoms with Crippen molar-refractivity contribution in [2.75, 3.05) is 13.2 Å². The molecule has 1 atom stereocenters. The lowest BCUT2D eigenvalue weighted by atomic mass is 10.1. The predicted molar refractivity (Wildman–Crippen MR) is 63.9 cm³/mol. The Morgan fingerprint density at radius 2 is 2.47 bits per heavy atom. The number of hydrogen-bond acceptors (Lipinski definition) is 4. The molecule has 1 aliphatic heterocycles. The van der Waals surface area contributed by atoms with Gasteiger partial charge in [-0.3, -0.25) is 9.78 Å². The van der Waals surface area contributed by atoms with Gasteiger partial charge < -0.3 is 15.8 Å². The van der Waals surface area contributed by atoms with Gasteiger partial charge in [-0.05, 0) is 25.5 Å². The first kappa shape index (κ1) is 11.9. The molecule has 1 aromatic rings. The number of hydrogen-bond donors (Lipinski definition) is 2. The molecule has 1 aliphatic rings. The molecular formula is C12H17N3O2. The summed E-state index contributed by atoms with van der Waals surface area (Å²) in [4.78, 5) is 14.8. The number of piperidine rings is 1. The summed E-state index contributed by atoms with van der Waals surface area (Å²) in [6.07, 6.45) is 5.14. The van der Waals surface area contributed by atoms with Gasteiger partial charge >= 0.3 is 0 Å². The maximum Gasteiger partial charge on any atom is 0.267 e. The number of carbonyl (C=O) groups is 1. The van der Waals surface area contributed by atoms with Crippen molar-refractivity contribution in [2.24, 2.45) is 5.73 Å². The van der Waals surface area contributed by atoms with Crippen molar-refractivity contribution in [3.05, 3.63) is 24.0 Å². The molecule has 0 saturated carbocycles. The van der Waals surface area contributed by atoms with E-state index in [1.54, 1.807) is 12.1 Å². The van der Waals surface area contributed by atoms with Gasteiger partial charge in [-0.25, -0.2) is 0 Å². The van der Waals surface area contributed by atoms with Crippen LogP contribution in [-0.4, -0.2) is 30.1 Å². The number of carbonyl (C=O) groups excluding carboxylic acids is 1. The maximum absolute atomic E-state index is 11.0. The number of nitrogens with two attached hydrogens (primary N) is 1. The van der Waals surface area contributed by atoms with Gasteiger partial charge in [0.1, 0.15) is 18.1 Å². The molecule has 3 N–H and O–H groups in total. The molecule has 1 aromatic heterocycles. The second-order valence-electron chi connectivity index (χ2n) is 4.20. The van der Waals surface area contributed by atoms with Gasteiger partial charge in [0.05, 0.1) is 0 Å². The fraction of sp³-hybridized carbons (Fsp3) is 0.500. The van der Waals surface area contributed by atoms with E-state index in [0.717, 1.165) is 13.0 Å². The van der Waals surface area contributed by atoms with E-state index in [1.807, 2.05) is 0 Å². The highest BCUT2D eigenvalue weighted by Crippen LogP contribution is 2.13. The molecule has 92 valence electrons. The molecule has 0 spiro atoms. The SMILES string of the molecule is NC(=O)c1cc(OCC2CCCCN2)ccn1. The third kappa shape index (κ3) is 3.42. The Hall–Kier alpha value is -1.62. The van der Waals surface area contributed by atoms with E-state index in [-0.39, 0.29) is 5.69 Å². The second-order valence-corrected chi connectivity index (χ2v) is 4.20. The van der Waals surface area contributed by atoms with E-state index < -0.39 is 5.91 Å². The Balaban J connectivity index is 1.89. The largest absolute Gasteiger partial charge is 0.492 e. The van der Waals surface area contributed by atoms with Gasteiger partial charge in [0.25, 0.3) is 5.91 Å². The number of pyridine rings is 1. The minimum Gasteiger partial charge on any atom is -0.492 e. The molecule has 5 heteroatoms. The average Bonchev–Trinajstić information content (AvgIpc) is 2.38. The van der Waals surface area contributed by atoms with Gasteiger partial charge in [0.2, 0.25) is 0 Å². The summed E-state index contributed by atoms with van der Waals surface area (Å²) in [7, 11) is 0. The fourth-order valence-corrected chi connectivity index (χ4v) is 1.90. The summed E-state index contributed by atoms with van der Waals surface area (Å²) < 4.78 is 5.63. The Bertz CT molecular complexity index is 389. The van der Waals surface area contributed by atoms with Crippen molar-refractivity contribution in [1.29, 1.82) is 0 Å². The smallest absolute Gasteiger partial charge is 0.267 e. The minimum atomic E-state index is -0.536. The molecule has 5 nitrogen and oxygen atoms in total. The Morgan fingerprint density at radius 1 is 1.59 bits per heavy atom. The number of ether oxygens (including phenoxy) is 1. The Labute approximate surface area is 100 Å². The van der Waals surface area contributed by atoms with E-state index in [2.05, 4.69) is 10.3 Å². The average molecular weight is 235 g/mol. The van der Waals surface area contributed by atoms with Gasteiger partial charge in [0, 0.05) is 18.3 Å². The molecule has 1 unspecified atom stereocenters. The van der Waals surface area contributed by atoms with E-state index in [0.29, 0.717) is 18.4 Å². The molecule has 0 aromatic carbocycles. The van der Waals surface area contributed by atoms with Crippen LogP contribution >= 0.6 is 0 Å². The number of nitrogens with zero attached hydrogens (tertiary/aromatic N) is 1. The monoisotopic (exact) mass is 235 g/mol. The first-order valence-electron chi connectivity index (χ1n) is 5.88. The molecule has 1 fully saturated rings. The highest BCUT2D eigenvalue weighted by Gasteiger charge is 2.13. The first-order chi connectivity index (χ1) is 8.25. The summed E-state index contributed by atoms with van der Waals surface area (Å²) in [6, 6.07) is 3.70. The van der Waals surface area contributed by atoms with Crippen LogP contribution in [0.5, 0.6) is 5.75 Å². The Kier molecular flexibility index (Phi) is 3.93. The zero-order chi connectivity index (χ0) is 12.1. The molecule has 2 heterocycles. The highest BCUT2D eigenvalue weighted by molar-refractivity contribution is 5.91. The lowest BCUT2D eigenvalue weighted by Gasteiger charge is -2.23. The van der Waals surface area contributed by atoms with Crippen LogP contribution in [0.4, 0.5) is 0 Å². The van der Waals surface area contributed by atoms with Crippen molar-refractivity contribution >= 4 is 5.91 Å². The van der Waals surface area contributed by atoms with Gasteiger partial charge in [0.15, 0.2) is 0 Å². The van der Waals surface area contributed by atoms with Crippen LogP contribution in [0.15, 0.2) is 18.3 Å². The Morgan fingerprint density at radius 3 is 3.18 bits per heavy atom. The zero-order valence-corrected chi connectivity index (χ0v) is 9.69. The molecule has 1 amide bonds. The molecule has 17 heavy (non-hydrogen) atoms. The number of primary amides is 1. The number of amides is 1. The fourth-order valence-electron chi connectivity index (χ4n) is 1.90. The summed E-state index contributed by atoms with van der Waals surface area (Å²) in [5.41, 5.74) is 5.39. The predicted octanol–water partition coefficient (Wildman–Crippen LogP) is 0.701. The van der Waals surface area contributed by atoms with Crippen LogP contribution < -0.4 is 15.8 Å². The number of rotatable bonds is 4. The quantitative estimate of drug-likeness (QED) is 0.805. The van der Waals surface area contributed by atoms with Gasteiger partial charge in [-0.2, -0.15) is 0 Å². The topological polar surface area (TPSA) is 77.2 Å². The van der Waals surface area contributed by atoms with Crippen LogP contribution in [0, 0.1) is 0 Å². The van der Waals surface area contributed by atoms with Crippen molar-refractivity contribution in [2.45, 2.75) is 25.3 Å². The maximum atomic E-state index is 11.0.